The Kier molecular flexibility index (Phi) is 3.61. The van der Waals surface area contributed by atoms with Gasteiger partial charge in [0.25, 0.3) is 0 Å². The lowest BCUT2D eigenvalue weighted by molar-refractivity contribution is 0.112. The average molecular weight is 299 g/mol. The van der Waals surface area contributed by atoms with E-state index in [1.54, 1.807) is 11.8 Å². The first-order valence-electron chi connectivity index (χ1n) is 4.27. The fraction of sp³-hybridized carbons (Fsp3) is 0. The summed E-state index contributed by atoms with van der Waals surface area (Å²) in [6.45, 7) is 0. The summed E-state index contributed by atoms with van der Waals surface area (Å²) >= 11 is 6.67. The van der Waals surface area contributed by atoms with Crippen molar-refractivity contribution in [1.29, 1.82) is 0 Å². The van der Waals surface area contributed by atoms with Crippen LogP contribution in [-0.4, -0.2) is 6.29 Å². The number of benzene rings is 1. The molecule has 0 radical (unpaired) electrons. The molecule has 0 spiro atoms. The van der Waals surface area contributed by atoms with Crippen molar-refractivity contribution in [3.05, 3.63) is 45.7 Å². The molecule has 2 rings (SSSR count). The highest BCUT2D eigenvalue weighted by Crippen LogP contribution is 2.36. The molecule has 1 nitrogen and oxygen atoms in total. The highest BCUT2D eigenvalue weighted by atomic mass is 79.9. The van der Waals surface area contributed by atoms with E-state index in [2.05, 4.69) is 22.0 Å². The van der Waals surface area contributed by atoms with Gasteiger partial charge in [-0.25, -0.2) is 0 Å². The Morgan fingerprint density at radius 2 is 2.00 bits per heavy atom. The molecule has 1 heterocycles. The molecule has 15 heavy (non-hydrogen) atoms. The Bertz CT molecular complexity index is 479. The smallest absolute Gasteiger partial charge is 0.160 e. The maximum Gasteiger partial charge on any atom is 0.160 e. The van der Waals surface area contributed by atoms with Crippen LogP contribution in [0.2, 0.25) is 0 Å². The third kappa shape index (κ3) is 2.71. The van der Waals surface area contributed by atoms with Gasteiger partial charge in [-0.05, 0) is 40.2 Å². The van der Waals surface area contributed by atoms with Crippen LogP contribution in [0.15, 0.2) is 50.0 Å². The second-order valence-electron chi connectivity index (χ2n) is 2.81. The number of rotatable bonds is 3. The summed E-state index contributed by atoms with van der Waals surface area (Å²) in [5.41, 5.74) is 0. The molecule has 2 aromatic rings. The van der Waals surface area contributed by atoms with Crippen LogP contribution in [0.3, 0.4) is 0 Å². The van der Waals surface area contributed by atoms with Gasteiger partial charge < -0.3 is 0 Å². The molecule has 1 aromatic heterocycles. The fourth-order valence-electron chi connectivity index (χ4n) is 1.09. The second kappa shape index (κ2) is 4.96. The minimum atomic E-state index is 0.768. The Morgan fingerprint density at radius 3 is 2.67 bits per heavy atom. The molecule has 0 aliphatic heterocycles. The predicted octanol–water partition coefficient (Wildman–Crippen LogP) is 4.47. The van der Waals surface area contributed by atoms with Gasteiger partial charge in [-0.15, -0.1) is 11.3 Å². The highest BCUT2D eigenvalue weighted by molar-refractivity contribution is 9.10. The van der Waals surface area contributed by atoms with Gasteiger partial charge in [0.05, 0.1) is 9.09 Å². The summed E-state index contributed by atoms with van der Waals surface area (Å²) in [6.07, 6.45) is 0.884. The van der Waals surface area contributed by atoms with Crippen molar-refractivity contribution in [3.63, 3.8) is 0 Å². The minimum absolute atomic E-state index is 0.768. The molecule has 0 saturated carbocycles. The van der Waals surface area contributed by atoms with Crippen LogP contribution in [0.5, 0.6) is 0 Å². The summed E-state index contributed by atoms with van der Waals surface area (Å²) in [5, 5.41) is 0. The van der Waals surface area contributed by atoms with Gasteiger partial charge in [-0.1, -0.05) is 23.9 Å². The zero-order valence-electron chi connectivity index (χ0n) is 7.64. The fourth-order valence-corrected chi connectivity index (χ4v) is 3.56. The van der Waals surface area contributed by atoms with Crippen LogP contribution in [0, 0.1) is 0 Å². The van der Waals surface area contributed by atoms with E-state index >= 15 is 0 Å². The first kappa shape index (κ1) is 10.9. The summed E-state index contributed by atoms with van der Waals surface area (Å²) in [6, 6.07) is 11.9. The normalized spacial score (nSPS) is 10.2. The number of carbonyl (C=O) groups is 1. The van der Waals surface area contributed by atoms with Crippen molar-refractivity contribution in [2.75, 3.05) is 0 Å². The highest BCUT2D eigenvalue weighted by Gasteiger charge is 2.04. The molecule has 0 aliphatic rings. The Morgan fingerprint density at radius 1 is 1.20 bits per heavy atom. The first-order chi connectivity index (χ1) is 7.29. The maximum atomic E-state index is 10.5. The lowest BCUT2D eigenvalue weighted by atomic mass is 10.4. The number of hydrogen-bond donors (Lipinski definition) is 0. The zero-order chi connectivity index (χ0) is 10.7. The second-order valence-corrected chi connectivity index (χ2v) is 6.12. The van der Waals surface area contributed by atoms with Gasteiger partial charge in [-0.2, -0.15) is 0 Å². The van der Waals surface area contributed by atoms with E-state index in [9.17, 15) is 4.79 Å². The third-order valence-electron chi connectivity index (χ3n) is 1.77. The van der Waals surface area contributed by atoms with E-state index in [4.69, 9.17) is 0 Å². The predicted molar refractivity (Wildman–Crippen MR) is 68.0 cm³/mol. The van der Waals surface area contributed by atoms with Gasteiger partial charge in [0.15, 0.2) is 6.29 Å². The van der Waals surface area contributed by atoms with Crippen molar-refractivity contribution < 1.29 is 4.79 Å². The van der Waals surface area contributed by atoms with Crippen molar-refractivity contribution in [2.24, 2.45) is 0 Å². The lowest BCUT2D eigenvalue weighted by Crippen LogP contribution is -1.71. The molecule has 0 N–H and O–H groups in total. The topological polar surface area (TPSA) is 17.1 Å². The molecule has 0 saturated heterocycles. The van der Waals surface area contributed by atoms with Crippen LogP contribution in [0.25, 0.3) is 0 Å². The van der Waals surface area contributed by atoms with Gasteiger partial charge >= 0.3 is 0 Å². The standard InChI is InChI=1S/C11H7BrOS2/c12-9-3-1-2-4-10(9)15-11-6-5-8(7-13)14-11/h1-7H. The minimum Gasteiger partial charge on any atom is -0.297 e. The van der Waals surface area contributed by atoms with Crippen LogP contribution in [0.4, 0.5) is 0 Å². The Labute approximate surface area is 105 Å². The summed E-state index contributed by atoms with van der Waals surface area (Å²) in [4.78, 5) is 12.5. The number of aldehydes is 1. The van der Waals surface area contributed by atoms with E-state index in [-0.39, 0.29) is 0 Å². The molecule has 0 amide bonds. The SMILES string of the molecule is O=Cc1ccc(Sc2ccccc2Br)s1. The molecular weight excluding hydrogens is 292 g/mol. The number of halogens is 1. The zero-order valence-corrected chi connectivity index (χ0v) is 10.9. The molecule has 4 heteroatoms. The van der Waals surface area contributed by atoms with Gasteiger partial charge in [0, 0.05) is 9.37 Å². The number of carbonyl (C=O) groups excluding carboxylic acids is 1. The quantitative estimate of drug-likeness (QED) is 0.778. The van der Waals surface area contributed by atoms with Crippen molar-refractivity contribution in [1.82, 2.24) is 0 Å². The molecule has 0 atom stereocenters. The van der Waals surface area contributed by atoms with Crippen molar-refractivity contribution in [2.45, 2.75) is 9.10 Å². The van der Waals surface area contributed by atoms with E-state index in [0.717, 1.165) is 24.7 Å². The Balaban J connectivity index is 2.22. The largest absolute Gasteiger partial charge is 0.297 e. The maximum absolute atomic E-state index is 10.5. The third-order valence-corrected chi connectivity index (χ3v) is 4.94. The molecule has 0 fully saturated rings. The van der Waals surface area contributed by atoms with Gasteiger partial charge in [-0.3, -0.25) is 4.79 Å². The monoisotopic (exact) mass is 298 g/mol. The van der Waals surface area contributed by atoms with E-state index in [1.807, 2.05) is 30.3 Å². The van der Waals surface area contributed by atoms with Gasteiger partial charge in [0.2, 0.25) is 0 Å². The summed E-state index contributed by atoms with van der Waals surface area (Å²) in [7, 11) is 0. The number of hydrogen-bond acceptors (Lipinski definition) is 3. The first-order valence-corrected chi connectivity index (χ1v) is 6.69. The summed E-state index contributed by atoms with van der Waals surface area (Å²) in [5.74, 6) is 0. The van der Waals surface area contributed by atoms with E-state index < -0.39 is 0 Å². The molecular formula is C11H7BrOS2. The van der Waals surface area contributed by atoms with E-state index in [1.165, 1.54) is 11.3 Å². The van der Waals surface area contributed by atoms with Crippen LogP contribution in [0.1, 0.15) is 9.67 Å². The van der Waals surface area contributed by atoms with Gasteiger partial charge in [0.1, 0.15) is 0 Å². The lowest BCUT2D eigenvalue weighted by Gasteiger charge is -2.00. The molecule has 0 aliphatic carbocycles. The van der Waals surface area contributed by atoms with Crippen LogP contribution >= 0.6 is 39.0 Å². The van der Waals surface area contributed by atoms with E-state index in [0.29, 0.717) is 0 Å². The molecule has 1 aromatic carbocycles. The average Bonchev–Trinajstić information content (AvgIpc) is 2.69. The number of thiophene rings is 1. The molecule has 0 unspecified atom stereocenters. The van der Waals surface area contributed by atoms with Crippen LogP contribution in [-0.2, 0) is 0 Å². The van der Waals surface area contributed by atoms with Crippen molar-refractivity contribution >= 4 is 45.3 Å². The molecule has 76 valence electrons. The van der Waals surface area contributed by atoms with Crippen molar-refractivity contribution in [3.8, 4) is 0 Å². The van der Waals surface area contributed by atoms with Crippen LogP contribution < -0.4 is 0 Å². The molecule has 0 bridgehead atoms. The Hall–Kier alpha value is -0.580. The summed E-state index contributed by atoms with van der Waals surface area (Å²) < 4.78 is 2.21.